The molecule has 0 aromatic heterocycles. The van der Waals surface area contributed by atoms with Gasteiger partial charge in [0.2, 0.25) is 0 Å². The van der Waals surface area contributed by atoms with Crippen LogP contribution >= 0.6 is 0 Å². The molecule has 0 aliphatic rings. The van der Waals surface area contributed by atoms with Crippen LogP contribution < -0.4 is 0 Å². The Labute approximate surface area is 520 Å². The molecule has 0 spiro atoms. The monoisotopic (exact) mass is 1170 g/mol. The van der Waals surface area contributed by atoms with Crippen LogP contribution in [0.4, 0.5) is 0 Å². The van der Waals surface area contributed by atoms with Gasteiger partial charge in [0.1, 0.15) is 13.2 Å². The second-order valence-corrected chi connectivity index (χ2v) is 26.3. The summed E-state index contributed by atoms with van der Waals surface area (Å²) in [7, 11) is 0. The number of unbranched alkanes of at least 4 members (excludes halogenated alkanes) is 59. The van der Waals surface area contributed by atoms with Crippen LogP contribution in [0.2, 0.25) is 0 Å². The summed E-state index contributed by atoms with van der Waals surface area (Å²) in [6.45, 7) is 6.72. The number of carbonyl (C=O) groups excluding carboxylic acids is 3. The van der Waals surface area contributed by atoms with Crippen LogP contribution in [-0.4, -0.2) is 37.2 Å². The number of allylic oxidation sites excluding steroid dienone is 2. The number of hydrogen-bond donors (Lipinski definition) is 0. The molecular formula is C77H148O6. The first-order chi connectivity index (χ1) is 41.0. The summed E-state index contributed by atoms with van der Waals surface area (Å²) in [5, 5.41) is 0. The third-order valence-electron chi connectivity index (χ3n) is 17.8. The van der Waals surface area contributed by atoms with E-state index in [-0.39, 0.29) is 31.1 Å². The molecule has 0 amide bonds. The molecule has 0 aromatic rings. The van der Waals surface area contributed by atoms with E-state index in [0.717, 1.165) is 57.8 Å². The van der Waals surface area contributed by atoms with Gasteiger partial charge in [0.15, 0.2) is 6.10 Å². The summed E-state index contributed by atoms with van der Waals surface area (Å²) >= 11 is 0. The highest BCUT2D eigenvalue weighted by Crippen LogP contribution is 2.20. The molecule has 0 heterocycles. The molecule has 0 radical (unpaired) electrons. The highest BCUT2D eigenvalue weighted by molar-refractivity contribution is 5.71. The van der Waals surface area contributed by atoms with Gasteiger partial charge in [0, 0.05) is 19.3 Å². The second kappa shape index (κ2) is 72.6. The van der Waals surface area contributed by atoms with Gasteiger partial charge in [-0.05, 0) is 44.9 Å². The van der Waals surface area contributed by atoms with Crippen molar-refractivity contribution in [1.82, 2.24) is 0 Å². The van der Waals surface area contributed by atoms with Crippen molar-refractivity contribution in [2.45, 2.75) is 451 Å². The molecular weight excluding hydrogens is 1020 g/mol. The second-order valence-electron chi connectivity index (χ2n) is 26.3. The van der Waals surface area contributed by atoms with Crippen molar-refractivity contribution in [1.29, 1.82) is 0 Å². The zero-order chi connectivity index (χ0) is 59.9. The maximum absolute atomic E-state index is 12.9. The van der Waals surface area contributed by atoms with Crippen molar-refractivity contribution in [3.8, 4) is 0 Å². The van der Waals surface area contributed by atoms with Gasteiger partial charge in [-0.3, -0.25) is 14.4 Å². The number of ether oxygens (including phenoxy) is 3. The Morgan fingerprint density at radius 2 is 0.398 bits per heavy atom. The fourth-order valence-corrected chi connectivity index (χ4v) is 12.0. The zero-order valence-electron chi connectivity index (χ0n) is 56.8. The maximum atomic E-state index is 12.9. The van der Waals surface area contributed by atoms with Crippen LogP contribution in [0.3, 0.4) is 0 Å². The molecule has 1 unspecified atom stereocenters. The molecule has 0 N–H and O–H groups in total. The summed E-state index contributed by atoms with van der Waals surface area (Å²) in [5.74, 6) is -0.833. The van der Waals surface area contributed by atoms with Gasteiger partial charge in [-0.2, -0.15) is 0 Å². The van der Waals surface area contributed by atoms with Crippen LogP contribution in [0.1, 0.15) is 445 Å². The molecule has 6 heteroatoms. The fourth-order valence-electron chi connectivity index (χ4n) is 12.0. The summed E-state index contributed by atoms with van der Waals surface area (Å²) in [6.07, 6.45) is 88.6. The zero-order valence-corrected chi connectivity index (χ0v) is 56.8. The van der Waals surface area contributed by atoms with E-state index in [1.165, 1.54) is 347 Å². The maximum Gasteiger partial charge on any atom is 0.306 e. The average molecular weight is 1170 g/mol. The first-order valence-electron chi connectivity index (χ1n) is 38.2. The molecule has 0 aromatic carbocycles. The molecule has 0 saturated heterocycles. The van der Waals surface area contributed by atoms with Crippen molar-refractivity contribution in [3.63, 3.8) is 0 Å². The van der Waals surface area contributed by atoms with E-state index in [1.54, 1.807) is 0 Å². The number of esters is 3. The van der Waals surface area contributed by atoms with Crippen LogP contribution in [0.15, 0.2) is 12.2 Å². The van der Waals surface area contributed by atoms with E-state index in [1.807, 2.05) is 0 Å². The van der Waals surface area contributed by atoms with E-state index in [9.17, 15) is 14.4 Å². The fraction of sp³-hybridized carbons (Fsp3) is 0.935. The third-order valence-corrected chi connectivity index (χ3v) is 17.8. The lowest BCUT2D eigenvalue weighted by Crippen LogP contribution is -2.30. The van der Waals surface area contributed by atoms with E-state index < -0.39 is 6.10 Å². The molecule has 0 bridgehead atoms. The molecule has 0 aliphatic carbocycles. The van der Waals surface area contributed by atoms with Crippen molar-refractivity contribution in [2.24, 2.45) is 0 Å². The Bertz CT molecular complexity index is 1300. The summed E-state index contributed by atoms with van der Waals surface area (Å²) in [6, 6.07) is 0. The van der Waals surface area contributed by atoms with Crippen LogP contribution in [-0.2, 0) is 28.6 Å². The molecule has 492 valence electrons. The molecule has 6 nitrogen and oxygen atoms in total. The van der Waals surface area contributed by atoms with Gasteiger partial charge in [-0.15, -0.1) is 0 Å². The molecule has 83 heavy (non-hydrogen) atoms. The third kappa shape index (κ3) is 70.8. The van der Waals surface area contributed by atoms with Crippen molar-refractivity contribution < 1.29 is 28.6 Å². The Hall–Kier alpha value is -1.85. The average Bonchev–Trinajstić information content (AvgIpc) is 3.48. The van der Waals surface area contributed by atoms with Crippen LogP contribution in [0.25, 0.3) is 0 Å². The normalized spacial score (nSPS) is 12.0. The lowest BCUT2D eigenvalue weighted by molar-refractivity contribution is -0.167. The minimum atomic E-state index is -0.767. The number of hydrogen-bond acceptors (Lipinski definition) is 6. The summed E-state index contributed by atoms with van der Waals surface area (Å²) in [4.78, 5) is 38.4. The van der Waals surface area contributed by atoms with Crippen molar-refractivity contribution >= 4 is 17.9 Å². The Kier molecular flexibility index (Phi) is 71.0. The predicted octanol–water partition coefficient (Wildman–Crippen LogP) is 26.3. The molecule has 0 rings (SSSR count). The van der Waals surface area contributed by atoms with Gasteiger partial charge < -0.3 is 14.2 Å². The van der Waals surface area contributed by atoms with Gasteiger partial charge in [0.05, 0.1) is 0 Å². The van der Waals surface area contributed by atoms with Crippen LogP contribution in [0.5, 0.6) is 0 Å². The molecule has 0 aliphatic heterocycles. The Morgan fingerprint density at radius 1 is 0.229 bits per heavy atom. The first kappa shape index (κ1) is 81.2. The minimum Gasteiger partial charge on any atom is -0.462 e. The largest absolute Gasteiger partial charge is 0.462 e. The standard InChI is InChI=1S/C77H148O6/c1-4-7-10-13-16-19-22-24-26-28-30-31-32-33-34-35-36-37-38-39-40-41-42-43-44-45-47-48-50-52-55-58-61-64-67-70-76(79)82-73-74(72-81-75(78)69-66-63-60-57-54-21-18-15-12-9-6-3)83-77(80)71-68-65-62-59-56-53-51-49-46-29-27-25-23-20-17-14-11-8-5-2/h25,27,74H,4-24,26,28-73H2,1-3H3/b27-25-. The van der Waals surface area contributed by atoms with E-state index in [2.05, 4.69) is 32.9 Å². The lowest BCUT2D eigenvalue weighted by atomic mass is 10.0. The smallest absolute Gasteiger partial charge is 0.306 e. The van der Waals surface area contributed by atoms with E-state index in [4.69, 9.17) is 14.2 Å². The number of carbonyl (C=O) groups is 3. The highest BCUT2D eigenvalue weighted by Gasteiger charge is 2.20. The SMILES string of the molecule is CCCCCCCC/C=C\CCCCCCCCCCCC(=O)OC(COC(=O)CCCCCCCCCCCCC)COC(=O)CCCCCCCCCCCCCCCCCCCCCCCCCCCCCCCCCCCCC. The quantitative estimate of drug-likeness (QED) is 0.0261. The summed E-state index contributed by atoms with van der Waals surface area (Å²) in [5.41, 5.74) is 0. The van der Waals surface area contributed by atoms with Crippen LogP contribution in [0, 0.1) is 0 Å². The first-order valence-corrected chi connectivity index (χ1v) is 38.2. The van der Waals surface area contributed by atoms with Gasteiger partial charge in [0.25, 0.3) is 0 Å². The minimum absolute atomic E-state index is 0.0640. The van der Waals surface area contributed by atoms with E-state index >= 15 is 0 Å². The predicted molar refractivity (Wildman–Crippen MR) is 363 cm³/mol. The number of rotatable bonds is 72. The Morgan fingerprint density at radius 3 is 0.602 bits per heavy atom. The van der Waals surface area contributed by atoms with Gasteiger partial charge in [-0.1, -0.05) is 392 Å². The summed E-state index contributed by atoms with van der Waals surface area (Å²) < 4.78 is 17.0. The Balaban J connectivity index is 4.01. The molecule has 1 atom stereocenters. The molecule has 0 saturated carbocycles. The lowest BCUT2D eigenvalue weighted by Gasteiger charge is -2.18. The van der Waals surface area contributed by atoms with Crippen molar-refractivity contribution in [2.75, 3.05) is 13.2 Å². The van der Waals surface area contributed by atoms with Crippen molar-refractivity contribution in [3.05, 3.63) is 12.2 Å². The van der Waals surface area contributed by atoms with Gasteiger partial charge in [-0.25, -0.2) is 0 Å². The topological polar surface area (TPSA) is 78.9 Å². The molecule has 0 fully saturated rings. The van der Waals surface area contributed by atoms with E-state index in [0.29, 0.717) is 19.3 Å². The van der Waals surface area contributed by atoms with Gasteiger partial charge >= 0.3 is 17.9 Å². The highest BCUT2D eigenvalue weighted by atomic mass is 16.6.